The third-order valence-corrected chi connectivity index (χ3v) is 4.88. The topological polar surface area (TPSA) is 34.1 Å². The molecule has 3 aromatic rings. The molecule has 2 nitrogen and oxygen atoms in total. The first-order valence-electron chi connectivity index (χ1n) is 7.51. The van der Waals surface area contributed by atoms with Gasteiger partial charge in [-0.25, -0.2) is 0 Å². The van der Waals surface area contributed by atoms with E-state index in [9.17, 15) is 9.59 Å². The molecule has 0 heterocycles. The van der Waals surface area contributed by atoms with Crippen LogP contribution in [0.15, 0.2) is 42.5 Å². The molecule has 104 valence electrons. The summed E-state index contributed by atoms with van der Waals surface area (Å²) in [5.74, 6) is -0.833. The second-order valence-electron chi connectivity index (χ2n) is 6.03. The molecule has 0 fully saturated rings. The molecule has 3 aromatic carbocycles. The number of aryl methyl sites for hydroxylation is 2. The molecule has 0 unspecified atom stereocenters. The van der Waals surface area contributed by atoms with Crippen LogP contribution in [0.3, 0.4) is 0 Å². The first kappa shape index (κ1) is 11.9. The van der Waals surface area contributed by atoms with Gasteiger partial charge in [0, 0.05) is 5.56 Å². The number of benzene rings is 3. The summed E-state index contributed by atoms with van der Waals surface area (Å²) in [6.07, 6.45) is 5.35. The van der Waals surface area contributed by atoms with Crippen molar-refractivity contribution in [3.8, 4) is 0 Å². The van der Waals surface area contributed by atoms with Crippen molar-refractivity contribution in [2.45, 2.75) is 12.8 Å². The molecule has 0 atom stereocenters. The van der Waals surface area contributed by atoms with Crippen LogP contribution in [0.25, 0.3) is 27.6 Å². The van der Waals surface area contributed by atoms with Crippen molar-refractivity contribution in [2.75, 3.05) is 0 Å². The molecule has 0 saturated carbocycles. The Hall–Kier alpha value is -2.74. The van der Waals surface area contributed by atoms with Crippen molar-refractivity contribution in [3.63, 3.8) is 0 Å². The van der Waals surface area contributed by atoms with E-state index in [4.69, 9.17) is 0 Å². The maximum absolute atomic E-state index is 12.1. The zero-order valence-electron chi connectivity index (χ0n) is 11.8. The highest BCUT2D eigenvalue weighted by Crippen LogP contribution is 2.39. The van der Waals surface area contributed by atoms with Crippen LogP contribution < -0.4 is 0 Å². The van der Waals surface area contributed by atoms with Crippen LogP contribution in [0.1, 0.15) is 27.0 Å². The van der Waals surface area contributed by atoms with Gasteiger partial charge in [0.15, 0.2) is 0 Å². The van der Waals surface area contributed by atoms with Crippen LogP contribution in [0, 0.1) is 0 Å². The fourth-order valence-corrected chi connectivity index (χ4v) is 3.92. The number of hydrogen-bond donors (Lipinski definition) is 0. The van der Waals surface area contributed by atoms with Crippen molar-refractivity contribution >= 4 is 39.2 Å². The maximum Gasteiger partial charge on any atom is 0.233 e. The Labute approximate surface area is 127 Å². The monoisotopic (exact) mass is 284 g/mol. The first-order valence-corrected chi connectivity index (χ1v) is 7.51. The summed E-state index contributed by atoms with van der Waals surface area (Å²) in [5, 5.41) is 4.77. The molecule has 0 spiro atoms. The number of Topliss-reactive ketones (excluding diaryl/α,β-unsaturated/α-hetero) is 1. The molecule has 5 rings (SSSR count). The van der Waals surface area contributed by atoms with E-state index in [1.807, 2.05) is 6.07 Å². The number of fused-ring (bicyclic) bond motifs is 4. The average Bonchev–Trinajstić information content (AvgIpc) is 2.95. The SMILES string of the molecule is O=C1C=Cc2c(ccc3cc4c5c(cccc5c23)CC4)C1=O. The van der Waals surface area contributed by atoms with Gasteiger partial charge >= 0.3 is 0 Å². The Kier molecular flexibility index (Phi) is 2.11. The molecule has 0 bridgehead atoms. The number of carbonyl (C=O) groups is 2. The van der Waals surface area contributed by atoms with Crippen LogP contribution in [-0.2, 0) is 17.6 Å². The normalized spacial score (nSPS) is 15.8. The molecule has 22 heavy (non-hydrogen) atoms. The lowest BCUT2D eigenvalue weighted by molar-refractivity contribution is -0.110. The van der Waals surface area contributed by atoms with Gasteiger partial charge in [-0.15, -0.1) is 0 Å². The molecule has 0 N–H and O–H groups in total. The summed E-state index contributed by atoms with van der Waals surface area (Å²) in [6.45, 7) is 0. The predicted molar refractivity (Wildman–Crippen MR) is 87.2 cm³/mol. The molecule has 0 radical (unpaired) electrons. The van der Waals surface area contributed by atoms with E-state index in [1.54, 1.807) is 12.1 Å². The van der Waals surface area contributed by atoms with Crippen molar-refractivity contribution in [1.82, 2.24) is 0 Å². The second-order valence-corrected chi connectivity index (χ2v) is 6.03. The van der Waals surface area contributed by atoms with Gasteiger partial charge in [0.25, 0.3) is 0 Å². The highest BCUT2D eigenvalue weighted by molar-refractivity contribution is 6.50. The first-order chi connectivity index (χ1) is 10.7. The van der Waals surface area contributed by atoms with E-state index in [0.29, 0.717) is 5.56 Å². The molecule has 0 aromatic heterocycles. The smallest absolute Gasteiger partial charge is 0.233 e. The van der Waals surface area contributed by atoms with Gasteiger partial charge in [-0.3, -0.25) is 9.59 Å². The number of carbonyl (C=O) groups excluding carboxylic acids is 2. The van der Waals surface area contributed by atoms with E-state index >= 15 is 0 Å². The van der Waals surface area contributed by atoms with E-state index < -0.39 is 11.6 Å². The highest BCUT2D eigenvalue weighted by atomic mass is 16.2. The Morgan fingerprint density at radius 3 is 2.59 bits per heavy atom. The maximum atomic E-state index is 12.1. The second kappa shape index (κ2) is 3.92. The molecule has 0 amide bonds. The van der Waals surface area contributed by atoms with Gasteiger partial charge in [0.1, 0.15) is 0 Å². The van der Waals surface area contributed by atoms with Gasteiger partial charge in [0.2, 0.25) is 11.6 Å². The van der Waals surface area contributed by atoms with Crippen LogP contribution in [-0.4, -0.2) is 11.6 Å². The summed E-state index contributed by atoms with van der Waals surface area (Å²) in [4.78, 5) is 23.8. The fraction of sp³-hybridized carbons (Fsp3) is 0.100. The molecule has 0 aliphatic heterocycles. The standard InChI is InChI=1S/C20H12O2/c21-17-9-8-14-15(20(17)22)7-6-13-10-12-5-4-11-2-1-3-16(18(11)12)19(13)14/h1-3,6-10H,4-5H2. The molecular weight excluding hydrogens is 272 g/mol. The number of allylic oxidation sites excluding steroid dienone is 1. The van der Waals surface area contributed by atoms with Crippen LogP contribution >= 0.6 is 0 Å². The van der Waals surface area contributed by atoms with Crippen LogP contribution in [0.4, 0.5) is 0 Å². The summed E-state index contributed by atoms with van der Waals surface area (Å²) >= 11 is 0. The lowest BCUT2D eigenvalue weighted by atomic mass is 9.87. The summed E-state index contributed by atoms with van der Waals surface area (Å²) < 4.78 is 0. The lowest BCUT2D eigenvalue weighted by Gasteiger charge is -2.15. The Balaban J connectivity index is 2.04. The van der Waals surface area contributed by atoms with E-state index in [-0.39, 0.29) is 0 Å². The minimum Gasteiger partial charge on any atom is -0.286 e. The van der Waals surface area contributed by atoms with Gasteiger partial charge in [0.05, 0.1) is 0 Å². The van der Waals surface area contributed by atoms with Crippen molar-refractivity contribution in [2.24, 2.45) is 0 Å². The molecule has 2 aliphatic carbocycles. The van der Waals surface area contributed by atoms with E-state index in [1.165, 1.54) is 28.0 Å². The van der Waals surface area contributed by atoms with Gasteiger partial charge < -0.3 is 0 Å². The van der Waals surface area contributed by atoms with Gasteiger partial charge in [-0.05, 0) is 69.3 Å². The number of hydrogen-bond acceptors (Lipinski definition) is 2. The van der Waals surface area contributed by atoms with Crippen molar-refractivity contribution < 1.29 is 9.59 Å². The van der Waals surface area contributed by atoms with Crippen LogP contribution in [0.2, 0.25) is 0 Å². The Morgan fingerprint density at radius 2 is 1.68 bits per heavy atom. The fourth-order valence-electron chi connectivity index (χ4n) is 3.92. The van der Waals surface area contributed by atoms with Gasteiger partial charge in [-0.2, -0.15) is 0 Å². The molecule has 2 aliphatic rings. The van der Waals surface area contributed by atoms with E-state index in [2.05, 4.69) is 24.3 Å². The summed E-state index contributed by atoms with van der Waals surface area (Å²) in [7, 11) is 0. The number of rotatable bonds is 0. The van der Waals surface area contributed by atoms with Crippen molar-refractivity contribution in [3.05, 3.63) is 64.7 Å². The Morgan fingerprint density at radius 1 is 0.818 bits per heavy atom. The minimum absolute atomic E-state index is 0.400. The third-order valence-electron chi connectivity index (χ3n) is 4.88. The summed E-state index contributed by atoms with van der Waals surface area (Å²) in [6, 6.07) is 12.4. The molecule has 0 saturated heterocycles. The van der Waals surface area contributed by atoms with Crippen molar-refractivity contribution in [1.29, 1.82) is 0 Å². The number of ketones is 2. The lowest BCUT2D eigenvalue weighted by Crippen LogP contribution is -2.16. The van der Waals surface area contributed by atoms with Gasteiger partial charge in [-0.1, -0.05) is 30.3 Å². The highest BCUT2D eigenvalue weighted by Gasteiger charge is 2.24. The minimum atomic E-state index is -0.433. The zero-order chi connectivity index (χ0) is 14.8. The quantitative estimate of drug-likeness (QED) is 0.464. The predicted octanol–water partition coefficient (Wildman–Crippen LogP) is 3.87. The molecule has 2 heteroatoms. The molecular formula is C20H12O2. The Bertz CT molecular complexity index is 1050. The van der Waals surface area contributed by atoms with Crippen LogP contribution in [0.5, 0.6) is 0 Å². The average molecular weight is 284 g/mol. The summed E-state index contributed by atoms with van der Waals surface area (Å²) in [5.41, 5.74) is 4.19. The largest absolute Gasteiger partial charge is 0.286 e. The zero-order valence-corrected chi connectivity index (χ0v) is 11.8. The third kappa shape index (κ3) is 1.34. The van der Waals surface area contributed by atoms with E-state index in [0.717, 1.165) is 29.2 Å².